The molecule has 3 heteroatoms. The molecule has 1 N–H and O–H groups in total. The molecule has 0 amide bonds. The van der Waals surface area contributed by atoms with Crippen LogP contribution in [0.3, 0.4) is 0 Å². The Bertz CT molecular complexity index is 580. The molecule has 1 atom stereocenters. The van der Waals surface area contributed by atoms with Gasteiger partial charge in [-0.3, -0.25) is 0 Å². The van der Waals surface area contributed by atoms with Gasteiger partial charge in [-0.2, -0.15) is 0 Å². The van der Waals surface area contributed by atoms with Crippen molar-refractivity contribution in [1.82, 2.24) is 5.32 Å². The maximum atomic E-state index is 13.1. The molecule has 0 heterocycles. The zero-order chi connectivity index (χ0) is 15.2. The van der Waals surface area contributed by atoms with Crippen LogP contribution >= 0.6 is 11.6 Å². The molecule has 1 unspecified atom stereocenters. The van der Waals surface area contributed by atoms with Gasteiger partial charge in [-0.1, -0.05) is 42.8 Å². The Labute approximate surface area is 131 Å². The van der Waals surface area contributed by atoms with Crippen molar-refractivity contribution in [3.8, 4) is 0 Å². The molecule has 21 heavy (non-hydrogen) atoms. The predicted octanol–water partition coefficient (Wildman–Crippen LogP) is 4.72. The average Bonchev–Trinajstić information content (AvgIpc) is 2.46. The molecule has 0 aliphatic heterocycles. The van der Waals surface area contributed by atoms with Crippen LogP contribution in [0.25, 0.3) is 0 Å². The second-order valence-corrected chi connectivity index (χ2v) is 5.76. The average molecular weight is 306 g/mol. The third kappa shape index (κ3) is 4.55. The number of hydrogen-bond acceptors (Lipinski definition) is 1. The van der Waals surface area contributed by atoms with E-state index < -0.39 is 0 Å². The van der Waals surface area contributed by atoms with Crippen molar-refractivity contribution in [2.75, 3.05) is 13.1 Å². The van der Waals surface area contributed by atoms with Gasteiger partial charge in [-0.05, 0) is 54.8 Å². The van der Waals surface area contributed by atoms with E-state index >= 15 is 0 Å². The SMILES string of the molecule is CCNCC(Cc1ccc(C)cc1Cl)c1ccc(F)cc1. The Morgan fingerprint density at radius 3 is 2.48 bits per heavy atom. The van der Waals surface area contributed by atoms with Crippen LogP contribution in [0.5, 0.6) is 0 Å². The van der Waals surface area contributed by atoms with Crippen LogP contribution < -0.4 is 5.32 Å². The van der Waals surface area contributed by atoms with E-state index in [4.69, 9.17) is 11.6 Å². The van der Waals surface area contributed by atoms with Crippen LogP contribution in [0.4, 0.5) is 4.39 Å². The van der Waals surface area contributed by atoms with Gasteiger partial charge in [0.15, 0.2) is 0 Å². The van der Waals surface area contributed by atoms with Gasteiger partial charge >= 0.3 is 0 Å². The van der Waals surface area contributed by atoms with Gasteiger partial charge in [0.2, 0.25) is 0 Å². The van der Waals surface area contributed by atoms with Crippen LogP contribution in [0.15, 0.2) is 42.5 Å². The van der Waals surface area contributed by atoms with Gasteiger partial charge in [0.25, 0.3) is 0 Å². The van der Waals surface area contributed by atoms with E-state index in [1.165, 1.54) is 12.1 Å². The van der Waals surface area contributed by atoms with Crippen LogP contribution in [-0.4, -0.2) is 13.1 Å². The summed E-state index contributed by atoms with van der Waals surface area (Å²) in [5, 5.41) is 4.18. The summed E-state index contributed by atoms with van der Waals surface area (Å²) in [6.07, 6.45) is 0.845. The Morgan fingerprint density at radius 2 is 1.86 bits per heavy atom. The fourth-order valence-corrected chi connectivity index (χ4v) is 2.76. The summed E-state index contributed by atoms with van der Waals surface area (Å²) in [5.74, 6) is 0.0834. The quantitative estimate of drug-likeness (QED) is 0.814. The van der Waals surface area contributed by atoms with Crippen molar-refractivity contribution < 1.29 is 4.39 Å². The lowest BCUT2D eigenvalue weighted by atomic mass is 9.91. The lowest BCUT2D eigenvalue weighted by molar-refractivity contribution is 0.590. The highest BCUT2D eigenvalue weighted by Gasteiger charge is 2.14. The van der Waals surface area contributed by atoms with Crippen LogP contribution in [0.2, 0.25) is 5.02 Å². The second-order valence-electron chi connectivity index (χ2n) is 5.36. The zero-order valence-electron chi connectivity index (χ0n) is 12.5. The normalized spacial score (nSPS) is 12.4. The van der Waals surface area contributed by atoms with Crippen LogP contribution in [0, 0.1) is 12.7 Å². The molecule has 0 spiro atoms. The lowest BCUT2D eigenvalue weighted by Crippen LogP contribution is -2.22. The maximum absolute atomic E-state index is 13.1. The van der Waals surface area contributed by atoms with E-state index in [9.17, 15) is 4.39 Å². The smallest absolute Gasteiger partial charge is 0.123 e. The zero-order valence-corrected chi connectivity index (χ0v) is 13.3. The van der Waals surface area contributed by atoms with Crippen LogP contribution in [0.1, 0.15) is 29.5 Å². The highest BCUT2D eigenvalue weighted by atomic mass is 35.5. The van der Waals surface area contributed by atoms with E-state index in [-0.39, 0.29) is 11.7 Å². The third-order valence-electron chi connectivity index (χ3n) is 3.66. The fraction of sp³-hybridized carbons (Fsp3) is 0.333. The van der Waals surface area contributed by atoms with Crippen molar-refractivity contribution in [2.45, 2.75) is 26.2 Å². The Morgan fingerprint density at radius 1 is 1.14 bits per heavy atom. The van der Waals surface area contributed by atoms with Crippen LogP contribution in [-0.2, 0) is 6.42 Å². The first-order chi connectivity index (χ1) is 10.1. The summed E-state index contributed by atoms with van der Waals surface area (Å²) >= 11 is 6.34. The molecule has 112 valence electrons. The van der Waals surface area contributed by atoms with E-state index in [0.29, 0.717) is 0 Å². The highest BCUT2D eigenvalue weighted by Crippen LogP contribution is 2.26. The van der Waals surface area contributed by atoms with E-state index in [1.54, 1.807) is 0 Å². The summed E-state index contributed by atoms with van der Waals surface area (Å²) in [5.41, 5.74) is 3.43. The Kier molecular flexibility index (Phi) is 5.77. The molecule has 2 rings (SSSR count). The molecule has 0 aliphatic rings. The van der Waals surface area contributed by atoms with Gasteiger partial charge in [0.1, 0.15) is 5.82 Å². The number of rotatable bonds is 6. The number of likely N-dealkylation sites (N-methyl/N-ethyl adjacent to an activating group) is 1. The molecule has 0 bridgehead atoms. The molecule has 2 aromatic rings. The number of hydrogen-bond donors (Lipinski definition) is 1. The minimum absolute atomic E-state index is 0.200. The standard InChI is InChI=1S/C18H21ClFN/c1-3-21-12-16(14-6-8-17(20)9-7-14)11-15-5-4-13(2)10-18(15)19/h4-10,16,21H,3,11-12H2,1-2H3. The Balaban J connectivity index is 2.21. The van der Waals surface area contributed by atoms with Gasteiger partial charge in [-0.15, -0.1) is 0 Å². The maximum Gasteiger partial charge on any atom is 0.123 e. The third-order valence-corrected chi connectivity index (χ3v) is 4.01. The molecular formula is C18H21ClFN. The first kappa shape index (κ1) is 16.0. The Hall–Kier alpha value is -1.38. The molecule has 0 saturated carbocycles. The number of nitrogens with one attached hydrogen (secondary N) is 1. The summed E-state index contributed by atoms with van der Waals surface area (Å²) in [7, 11) is 0. The molecule has 0 aliphatic carbocycles. The molecule has 1 nitrogen and oxygen atoms in total. The largest absolute Gasteiger partial charge is 0.316 e. The predicted molar refractivity (Wildman–Crippen MR) is 87.6 cm³/mol. The van der Waals surface area contributed by atoms with Crippen molar-refractivity contribution in [3.63, 3.8) is 0 Å². The first-order valence-electron chi connectivity index (χ1n) is 7.31. The fourth-order valence-electron chi connectivity index (χ4n) is 2.44. The molecule has 0 saturated heterocycles. The number of aryl methyl sites for hydroxylation is 1. The number of benzene rings is 2. The van der Waals surface area contributed by atoms with Gasteiger partial charge in [-0.25, -0.2) is 4.39 Å². The summed E-state index contributed by atoms with van der Waals surface area (Å²) in [6, 6.07) is 12.9. The van der Waals surface area contributed by atoms with Crippen molar-refractivity contribution in [3.05, 3.63) is 70.0 Å². The van der Waals surface area contributed by atoms with Gasteiger partial charge in [0.05, 0.1) is 0 Å². The molecule has 2 aromatic carbocycles. The monoisotopic (exact) mass is 305 g/mol. The summed E-state index contributed by atoms with van der Waals surface area (Å²) < 4.78 is 13.1. The summed E-state index contributed by atoms with van der Waals surface area (Å²) in [6.45, 7) is 5.89. The topological polar surface area (TPSA) is 12.0 Å². The summed E-state index contributed by atoms with van der Waals surface area (Å²) in [4.78, 5) is 0. The number of halogens is 2. The molecule has 0 aromatic heterocycles. The minimum Gasteiger partial charge on any atom is -0.316 e. The van der Waals surface area contributed by atoms with E-state index in [0.717, 1.165) is 41.2 Å². The molecule has 0 radical (unpaired) electrons. The first-order valence-corrected chi connectivity index (χ1v) is 7.69. The minimum atomic E-state index is -0.200. The van der Waals surface area contributed by atoms with Gasteiger partial charge in [0, 0.05) is 17.5 Å². The molecular weight excluding hydrogens is 285 g/mol. The lowest BCUT2D eigenvalue weighted by Gasteiger charge is -2.19. The van der Waals surface area contributed by atoms with E-state index in [2.05, 4.69) is 24.4 Å². The van der Waals surface area contributed by atoms with Crippen molar-refractivity contribution >= 4 is 11.6 Å². The second kappa shape index (κ2) is 7.58. The van der Waals surface area contributed by atoms with E-state index in [1.807, 2.05) is 25.1 Å². The van der Waals surface area contributed by atoms with Crippen molar-refractivity contribution in [2.24, 2.45) is 0 Å². The van der Waals surface area contributed by atoms with Gasteiger partial charge < -0.3 is 5.32 Å². The molecule has 0 fully saturated rings. The van der Waals surface area contributed by atoms with Crippen molar-refractivity contribution in [1.29, 1.82) is 0 Å². The highest BCUT2D eigenvalue weighted by molar-refractivity contribution is 6.31.